The van der Waals surface area contributed by atoms with Crippen LogP contribution in [0.1, 0.15) is 11.1 Å². The molecule has 28 heavy (non-hydrogen) atoms. The van der Waals surface area contributed by atoms with Crippen LogP contribution in [0.15, 0.2) is 66.0 Å². The van der Waals surface area contributed by atoms with Gasteiger partial charge in [0.2, 0.25) is 0 Å². The first kappa shape index (κ1) is 18.2. The fourth-order valence-electron chi connectivity index (χ4n) is 3.03. The van der Waals surface area contributed by atoms with Crippen molar-refractivity contribution < 1.29 is 9.53 Å². The molecule has 1 amide bonds. The molecule has 0 aliphatic carbocycles. The Hall–Kier alpha value is -3.18. The lowest BCUT2D eigenvalue weighted by Gasteiger charge is -2.07. The zero-order chi connectivity index (χ0) is 19.5. The number of anilines is 1. The molecule has 0 aliphatic heterocycles. The summed E-state index contributed by atoms with van der Waals surface area (Å²) in [7, 11) is 0. The smallest absolute Gasteiger partial charge is 0.264 e. The van der Waals surface area contributed by atoms with Crippen molar-refractivity contribution in [1.82, 2.24) is 4.98 Å². The molecule has 0 unspecified atom stereocenters. The molecule has 0 saturated heterocycles. The third-order valence-corrected chi connectivity index (χ3v) is 5.27. The molecule has 0 spiro atoms. The van der Waals surface area contributed by atoms with E-state index >= 15 is 0 Å². The highest BCUT2D eigenvalue weighted by molar-refractivity contribution is 7.14. The van der Waals surface area contributed by atoms with Crippen molar-refractivity contribution in [2.24, 2.45) is 0 Å². The minimum Gasteiger partial charge on any atom is -0.484 e. The summed E-state index contributed by atoms with van der Waals surface area (Å²) in [6.45, 7) is 4.06. The Kier molecular flexibility index (Phi) is 5.08. The van der Waals surface area contributed by atoms with Crippen LogP contribution in [-0.2, 0) is 4.79 Å². The number of nitrogens with one attached hydrogen (secondary N) is 1. The van der Waals surface area contributed by atoms with Gasteiger partial charge in [-0.2, -0.15) is 0 Å². The van der Waals surface area contributed by atoms with Crippen molar-refractivity contribution in [3.05, 3.63) is 77.2 Å². The number of amides is 1. The molecule has 4 rings (SSSR count). The van der Waals surface area contributed by atoms with Crippen molar-refractivity contribution >= 4 is 33.1 Å². The topological polar surface area (TPSA) is 51.2 Å². The Labute approximate surface area is 167 Å². The number of aromatic nitrogens is 1. The second kappa shape index (κ2) is 7.82. The first-order valence-corrected chi connectivity index (χ1v) is 9.91. The Balaban J connectivity index is 1.40. The monoisotopic (exact) mass is 388 g/mol. The number of benzene rings is 3. The third-order valence-electron chi connectivity index (χ3n) is 4.51. The van der Waals surface area contributed by atoms with Crippen LogP contribution in [0.5, 0.6) is 5.75 Å². The largest absolute Gasteiger partial charge is 0.484 e. The van der Waals surface area contributed by atoms with Crippen LogP contribution in [-0.4, -0.2) is 17.5 Å². The van der Waals surface area contributed by atoms with Crippen LogP contribution in [0.2, 0.25) is 0 Å². The molecule has 0 bridgehead atoms. The van der Waals surface area contributed by atoms with Gasteiger partial charge in [-0.05, 0) is 48.4 Å². The van der Waals surface area contributed by atoms with E-state index in [1.165, 1.54) is 16.9 Å². The summed E-state index contributed by atoms with van der Waals surface area (Å²) in [5, 5.41) is 7.57. The standard InChI is InChI=1S/C23H20N2O2S/c1-15-7-8-16(2)20(11-15)21-14-28-23(24-21)25-22(26)13-27-19-10-9-17-5-3-4-6-18(17)12-19/h3-12,14H,13H2,1-2H3,(H,24,25,26). The molecule has 4 aromatic rings. The summed E-state index contributed by atoms with van der Waals surface area (Å²) in [6, 6.07) is 20.1. The number of hydrogen-bond donors (Lipinski definition) is 1. The van der Waals surface area contributed by atoms with Gasteiger partial charge < -0.3 is 4.74 Å². The van der Waals surface area contributed by atoms with Gasteiger partial charge in [-0.3, -0.25) is 10.1 Å². The fourth-order valence-corrected chi connectivity index (χ4v) is 3.75. The van der Waals surface area contributed by atoms with E-state index in [-0.39, 0.29) is 12.5 Å². The van der Waals surface area contributed by atoms with Crippen LogP contribution in [0.25, 0.3) is 22.0 Å². The molecule has 1 heterocycles. The normalized spacial score (nSPS) is 10.8. The van der Waals surface area contributed by atoms with Crippen molar-refractivity contribution in [3.63, 3.8) is 0 Å². The van der Waals surface area contributed by atoms with E-state index in [9.17, 15) is 4.79 Å². The molecule has 4 nitrogen and oxygen atoms in total. The fraction of sp³-hybridized carbons (Fsp3) is 0.130. The molecule has 1 N–H and O–H groups in total. The quantitative estimate of drug-likeness (QED) is 0.484. The average Bonchev–Trinajstić information content (AvgIpc) is 3.16. The molecule has 0 radical (unpaired) electrons. The van der Waals surface area contributed by atoms with Gasteiger partial charge in [-0.25, -0.2) is 4.98 Å². The maximum atomic E-state index is 12.2. The Bertz CT molecular complexity index is 1150. The molecule has 0 fully saturated rings. The first-order valence-electron chi connectivity index (χ1n) is 9.03. The second-order valence-electron chi connectivity index (χ2n) is 6.70. The van der Waals surface area contributed by atoms with Crippen LogP contribution in [0, 0.1) is 13.8 Å². The van der Waals surface area contributed by atoms with E-state index in [2.05, 4.69) is 42.3 Å². The lowest BCUT2D eigenvalue weighted by molar-refractivity contribution is -0.118. The molecule has 0 atom stereocenters. The first-order chi connectivity index (χ1) is 13.6. The third kappa shape index (κ3) is 4.05. The summed E-state index contributed by atoms with van der Waals surface area (Å²) >= 11 is 1.41. The van der Waals surface area contributed by atoms with Gasteiger partial charge in [0.1, 0.15) is 5.75 Å². The van der Waals surface area contributed by atoms with Gasteiger partial charge >= 0.3 is 0 Å². The number of thiazole rings is 1. The van der Waals surface area contributed by atoms with E-state index in [1.807, 2.05) is 47.8 Å². The van der Waals surface area contributed by atoms with Crippen molar-refractivity contribution in [2.45, 2.75) is 13.8 Å². The number of ether oxygens (including phenoxy) is 1. The predicted molar refractivity (Wildman–Crippen MR) is 115 cm³/mol. The minimum atomic E-state index is -0.227. The molecule has 5 heteroatoms. The molecular weight excluding hydrogens is 368 g/mol. The highest BCUT2D eigenvalue weighted by atomic mass is 32.1. The van der Waals surface area contributed by atoms with Crippen molar-refractivity contribution in [1.29, 1.82) is 0 Å². The Morgan fingerprint density at radius 3 is 2.71 bits per heavy atom. The maximum absolute atomic E-state index is 12.2. The second-order valence-corrected chi connectivity index (χ2v) is 7.56. The molecule has 0 aliphatic rings. The average molecular weight is 388 g/mol. The minimum absolute atomic E-state index is 0.0588. The number of carbonyl (C=O) groups is 1. The Morgan fingerprint density at radius 1 is 1.04 bits per heavy atom. The summed E-state index contributed by atoms with van der Waals surface area (Å²) in [4.78, 5) is 16.8. The van der Waals surface area contributed by atoms with Crippen LogP contribution < -0.4 is 10.1 Å². The van der Waals surface area contributed by atoms with Gasteiger partial charge in [0.15, 0.2) is 11.7 Å². The number of carbonyl (C=O) groups excluding carboxylic acids is 1. The highest BCUT2D eigenvalue weighted by Crippen LogP contribution is 2.28. The van der Waals surface area contributed by atoms with E-state index in [0.717, 1.165) is 27.6 Å². The van der Waals surface area contributed by atoms with E-state index < -0.39 is 0 Å². The van der Waals surface area contributed by atoms with Crippen LogP contribution in [0.4, 0.5) is 5.13 Å². The molecular formula is C23H20N2O2S. The van der Waals surface area contributed by atoms with Crippen LogP contribution >= 0.6 is 11.3 Å². The number of nitrogens with zero attached hydrogens (tertiary/aromatic N) is 1. The van der Waals surface area contributed by atoms with Crippen molar-refractivity contribution in [3.8, 4) is 17.0 Å². The summed E-state index contributed by atoms with van der Waals surface area (Å²) in [5.74, 6) is 0.444. The maximum Gasteiger partial charge on any atom is 0.264 e. The molecule has 1 aromatic heterocycles. The summed E-state index contributed by atoms with van der Waals surface area (Å²) in [5.41, 5.74) is 4.30. The van der Waals surface area contributed by atoms with Gasteiger partial charge in [-0.1, -0.05) is 48.0 Å². The predicted octanol–water partition coefficient (Wildman–Crippen LogP) is 5.60. The van der Waals surface area contributed by atoms with E-state index in [1.54, 1.807) is 0 Å². The SMILES string of the molecule is Cc1ccc(C)c(-c2csc(NC(=O)COc3ccc4ccccc4c3)n2)c1. The lowest BCUT2D eigenvalue weighted by atomic mass is 10.0. The van der Waals surface area contributed by atoms with Gasteiger partial charge in [0.05, 0.1) is 5.69 Å². The molecule has 140 valence electrons. The van der Waals surface area contributed by atoms with Gasteiger partial charge in [0.25, 0.3) is 5.91 Å². The number of hydrogen-bond acceptors (Lipinski definition) is 4. The summed E-state index contributed by atoms with van der Waals surface area (Å²) in [6.07, 6.45) is 0. The molecule has 3 aromatic carbocycles. The Morgan fingerprint density at radius 2 is 1.86 bits per heavy atom. The highest BCUT2D eigenvalue weighted by Gasteiger charge is 2.11. The number of rotatable bonds is 5. The van der Waals surface area contributed by atoms with Gasteiger partial charge in [0, 0.05) is 10.9 Å². The number of fused-ring (bicyclic) bond motifs is 1. The zero-order valence-corrected chi connectivity index (χ0v) is 16.5. The van der Waals surface area contributed by atoms with Crippen molar-refractivity contribution in [2.75, 3.05) is 11.9 Å². The zero-order valence-electron chi connectivity index (χ0n) is 15.7. The lowest BCUT2D eigenvalue weighted by Crippen LogP contribution is -2.20. The van der Waals surface area contributed by atoms with Gasteiger partial charge in [-0.15, -0.1) is 11.3 Å². The van der Waals surface area contributed by atoms with E-state index in [0.29, 0.717) is 10.9 Å². The van der Waals surface area contributed by atoms with E-state index in [4.69, 9.17) is 4.74 Å². The molecule has 0 saturated carbocycles. The summed E-state index contributed by atoms with van der Waals surface area (Å²) < 4.78 is 5.64. The van der Waals surface area contributed by atoms with Crippen LogP contribution in [0.3, 0.4) is 0 Å². The number of aryl methyl sites for hydroxylation is 2.